The van der Waals surface area contributed by atoms with Gasteiger partial charge in [0.25, 0.3) is 5.91 Å². The fourth-order valence-corrected chi connectivity index (χ4v) is 3.70. The molecule has 2 N–H and O–H groups in total. The number of pyridine rings is 1. The molecule has 1 aliphatic rings. The Balaban J connectivity index is 1.54. The van der Waals surface area contributed by atoms with Gasteiger partial charge in [-0.2, -0.15) is 5.10 Å². The highest BCUT2D eigenvalue weighted by atomic mass is 16.2. The summed E-state index contributed by atoms with van der Waals surface area (Å²) < 4.78 is 1.86. The quantitative estimate of drug-likeness (QED) is 0.550. The molecule has 1 aliphatic carbocycles. The first-order valence-electron chi connectivity index (χ1n) is 11.3. The van der Waals surface area contributed by atoms with E-state index in [0.29, 0.717) is 5.56 Å². The largest absolute Gasteiger partial charge is 0.345 e. The summed E-state index contributed by atoms with van der Waals surface area (Å²) in [5.41, 5.74) is 3.94. The first-order valence-corrected chi connectivity index (χ1v) is 11.3. The number of carbonyl (C=O) groups excluding carboxylic acids is 2. The van der Waals surface area contributed by atoms with Crippen LogP contribution < -0.4 is 10.6 Å². The van der Waals surface area contributed by atoms with Crippen LogP contribution in [0.4, 0.5) is 5.69 Å². The van der Waals surface area contributed by atoms with Crippen LogP contribution in [0, 0.1) is 5.92 Å². The van der Waals surface area contributed by atoms with Gasteiger partial charge in [-0.25, -0.2) is 9.67 Å². The van der Waals surface area contributed by atoms with E-state index in [1.807, 2.05) is 41.9 Å². The Kier molecular flexibility index (Phi) is 6.00. The fraction of sp³-hybridized carbons (Fsp3) is 0.440. The Hall–Kier alpha value is -3.22. The van der Waals surface area contributed by atoms with Crippen LogP contribution in [0.2, 0.25) is 0 Å². The van der Waals surface area contributed by atoms with E-state index in [-0.39, 0.29) is 35.7 Å². The van der Waals surface area contributed by atoms with Gasteiger partial charge >= 0.3 is 0 Å². The summed E-state index contributed by atoms with van der Waals surface area (Å²) >= 11 is 0. The third kappa shape index (κ3) is 4.52. The standard InChI is InChI=1S/C25H31N5O2/c1-14(2)22-12-20(21-13-26-30(15(3)4)23(21)29-22)25(32)27-16(5)17-8-10-19(11-9-17)28-24(31)18-6-7-18/h8-16,18H,6-7H2,1-5H3,(H,27,32)(H,28,31). The molecule has 0 saturated heterocycles. The van der Waals surface area contributed by atoms with Gasteiger partial charge in [0.1, 0.15) is 0 Å². The number of hydrogen-bond acceptors (Lipinski definition) is 4. The average Bonchev–Trinajstić information content (AvgIpc) is 3.52. The van der Waals surface area contributed by atoms with Crippen LogP contribution in [0.5, 0.6) is 0 Å². The number of benzene rings is 1. The molecule has 2 amide bonds. The molecule has 1 aromatic carbocycles. The van der Waals surface area contributed by atoms with Crippen LogP contribution in [-0.2, 0) is 4.79 Å². The maximum Gasteiger partial charge on any atom is 0.252 e. The highest BCUT2D eigenvalue weighted by Crippen LogP contribution is 2.30. The van der Waals surface area contributed by atoms with Gasteiger partial charge in [0.2, 0.25) is 5.91 Å². The van der Waals surface area contributed by atoms with E-state index < -0.39 is 0 Å². The number of fused-ring (bicyclic) bond motifs is 1. The zero-order valence-corrected chi connectivity index (χ0v) is 19.3. The number of hydrogen-bond donors (Lipinski definition) is 2. The first kappa shape index (κ1) is 22.0. The number of aromatic nitrogens is 3. The van der Waals surface area contributed by atoms with Crippen molar-refractivity contribution < 1.29 is 9.59 Å². The Morgan fingerprint density at radius 3 is 2.34 bits per heavy atom. The lowest BCUT2D eigenvalue weighted by Gasteiger charge is -2.17. The minimum atomic E-state index is -0.193. The normalized spacial score (nSPS) is 14.7. The fourth-order valence-electron chi connectivity index (χ4n) is 3.70. The maximum absolute atomic E-state index is 13.3. The maximum atomic E-state index is 13.3. The molecule has 7 heteroatoms. The zero-order valence-electron chi connectivity index (χ0n) is 19.3. The molecule has 0 spiro atoms. The van der Waals surface area contributed by atoms with Crippen LogP contribution in [-0.4, -0.2) is 26.6 Å². The lowest BCUT2D eigenvalue weighted by atomic mass is 10.0. The highest BCUT2D eigenvalue weighted by Gasteiger charge is 2.29. The molecule has 0 bridgehead atoms. The predicted molar refractivity (Wildman–Crippen MR) is 126 cm³/mol. The summed E-state index contributed by atoms with van der Waals surface area (Å²) in [6, 6.07) is 9.46. The highest BCUT2D eigenvalue weighted by molar-refractivity contribution is 6.05. The second kappa shape index (κ2) is 8.73. The summed E-state index contributed by atoms with van der Waals surface area (Å²) in [6.45, 7) is 10.2. The molecular formula is C25H31N5O2. The van der Waals surface area contributed by atoms with Crippen LogP contribution in [0.1, 0.15) is 87.1 Å². The van der Waals surface area contributed by atoms with Gasteiger partial charge in [-0.3, -0.25) is 9.59 Å². The molecule has 3 aromatic rings. The Bertz CT molecular complexity index is 1140. The molecule has 2 aromatic heterocycles. The van der Waals surface area contributed by atoms with E-state index in [9.17, 15) is 9.59 Å². The number of amides is 2. The molecule has 4 rings (SSSR count). The van der Waals surface area contributed by atoms with Crippen molar-refractivity contribution in [2.75, 3.05) is 5.32 Å². The lowest BCUT2D eigenvalue weighted by Crippen LogP contribution is -2.27. The smallest absolute Gasteiger partial charge is 0.252 e. The van der Waals surface area contributed by atoms with Crippen molar-refractivity contribution in [1.29, 1.82) is 0 Å². The van der Waals surface area contributed by atoms with Crippen LogP contribution in [0.3, 0.4) is 0 Å². The SMILES string of the molecule is CC(C)c1cc(C(=O)NC(C)c2ccc(NC(=O)C3CC3)cc2)c2cnn(C(C)C)c2n1. The second-order valence-electron chi connectivity index (χ2n) is 9.25. The van der Waals surface area contributed by atoms with Crippen molar-refractivity contribution in [1.82, 2.24) is 20.1 Å². The average molecular weight is 434 g/mol. The number of nitrogens with one attached hydrogen (secondary N) is 2. The number of anilines is 1. The Morgan fingerprint density at radius 1 is 1.06 bits per heavy atom. The Labute approximate surface area is 188 Å². The predicted octanol–water partition coefficient (Wildman–Crippen LogP) is 4.98. The van der Waals surface area contributed by atoms with Crippen molar-refractivity contribution in [2.24, 2.45) is 5.92 Å². The summed E-state index contributed by atoms with van der Waals surface area (Å²) in [4.78, 5) is 30.0. The van der Waals surface area contributed by atoms with E-state index >= 15 is 0 Å². The van der Waals surface area contributed by atoms with Gasteiger partial charge < -0.3 is 10.6 Å². The third-order valence-electron chi connectivity index (χ3n) is 5.89. The van der Waals surface area contributed by atoms with Crippen LogP contribution in [0.15, 0.2) is 36.5 Å². The minimum Gasteiger partial charge on any atom is -0.345 e. The van der Waals surface area contributed by atoms with Crippen molar-refractivity contribution in [3.63, 3.8) is 0 Å². The summed E-state index contributed by atoms with van der Waals surface area (Å²) in [5, 5.41) is 11.3. The number of carbonyl (C=O) groups is 2. The number of nitrogens with zero attached hydrogens (tertiary/aromatic N) is 3. The van der Waals surface area contributed by atoms with Gasteiger partial charge in [0.15, 0.2) is 5.65 Å². The first-order chi connectivity index (χ1) is 15.2. The van der Waals surface area contributed by atoms with Gasteiger partial charge in [0.05, 0.1) is 23.2 Å². The molecular weight excluding hydrogens is 402 g/mol. The molecule has 7 nitrogen and oxygen atoms in total. The minimum absolute atomic E-state index is 0.0868. The summed E-state index contributed by atoms with van der Waals surface area (Å²) in [7, 11) is 0. The molecule has 1 fully saturated rings. The van der Waals surface area contributed by atoms with Crippen LogP contribution >= 0.6 is 0 Å². The molecule has 2 heterocycles. The van der Waals surface area contributed by atoms with Gasteiger partial charge in [-0.05, 0) is 63.3 Å². The van der Waals surface area contributed by atoms with Crippen molar-refractivity contribution in [2.45, 2.75) is 65.5 Å². The summed E-state index contributed by atoms with van der Waals surface area (Å²) in [6.07, 6.45) is 3.68. The molecule has 1 saturated carbocycles. The monoisotopic (exact) mass is 433 g/mol. The van der Waals surface area contributed by atoms with E-state index in [2.05, 4.69) is 43.4 Å². The summed E-state index contributed by atoms with van der Waals surface area (Å²) in [5.74, 6) is 0.295. The zero-order chi connectivity index (χ0) is 23.0. The van der Waals surface area contributed by atoms with Gasteiger partial charge in [-0.15, -0.1) is 0 Å². The Morgan fingerprint density at radius 2 is 1.75 bits per heavy atom. The van der Waals surface area contributed by atoms with E-state index in [1.54, 1.807) is 6.20 Å². The van der Waals surface area contributed by atoms with Crippen LogP contribution in [0.25, 0.3) is 11.0 Å². The second-order valence-corrected chi connectivity index (χ2v) is 9.25. The molecule has 1 unspecified atom stereocenters. The topological polar surface area (TPSA) is 88.9 Å². The van der Waals surface area contributed by atoms with Crippen molar-refractivity contribution in [3.8, 4) is 0 Å². The molecule has 0 radical (unpaired) electrons. The lowest BCUT2D eigenvalue weighted by molar-refractivity contribution is -0.117. The number of rotatable bonds is 7. The van der Waals surface area contributed by atoms with Crippen molar-refractivity contribution in [3.05, 3.63) is 53.3 Å². The molecule has 168 valence electrons. The van der Waals surface area contributed by atoms with E-state index in [1.165, 1.54) is 0 Å². The van der Waals surface area contributed by atoms with E-state index in [0.717, 1.165) is 40.8 Å². The van der Waals surface area contributed by atoms with Gasteiger partial charge in [0, 0.05) is 23.3 Å². The third-order valence-corrected chi connectivity index (χ3v) is 5.89. The van der Waals surface area contributed by atoms with E-state index in [4.69, 9.17) is 4.98 Å². The molecule has 1 atom stereocenters. The van der Waals surface area contributed by atoms with Crippen molar-refractivity contribution >= 4 is 28.5 Å². The van der Waals surface area contributed by atoms with Gasteiger partial charge in [-0.1, -0.05) is 26.0 Å². The molecule has 0 aliphatic heterocycles. The molecule has 32 heavy (non-hydrogen) atoms.